The van der Waals surface area contributed by atoms with Gasteiger partial charge in [0.15, 0.2) is 11.9 Å². The Morgan fingerprint density at radius 1 is 1.17 bits per heavy atom. The van der Waals surface area contributed by atoms with Crippen LogP contribution in [0, 0.1) is 34.5 Å². The molecule has 4 N–H and O–H groups in total. The molecule has 4 aliphatic rings. The largest absolute Gasteiger partial charge is 0.456 e. The number of hydrogen-bond donors (Lipinski definition) is 4. The summed E-state index contributed by atoms with van der Waals surface area (Å²) in [6, 6.07) is 0. The summed E-state index contributed by atoms with van der Waals surface area (Å²) in [4.78, 5) is 26.8. The van der Waals surface area contributed by atoms with Crippen LogP contribution in [-0.4, -0.2) is 74.4 Å². The minimum absolute atomic E-state index is 0.0243. The van der Waals surface area contributed by atoms with E-state index in [2.05, 4.69) is 0 Å². The fourth-order valence-corrected chi connectivity index (χ4v) is 7.89. The fourth-order valence-electron chi connectivity index (χ4n) is 7.89. The van der Waals surface area contributed by atoms with Crippen LogP contribution in [-0.2, 0) is 19.1 Å². The van der Waals surface area contributed by atoms with Crippen LogP contribution in [0.15, 0.2) is 11.1 Å². The Bertz CT molecular complexity index is 955. The fraction of sp³-hybridized carbons (Fsp3) is 0.852. The summed E-state index contributed by atoms with van der Waals surface area (Å²) in [6.45, 7) is 14.4. The lowest BCUT2D eigenvalue weighted by atomic mass is 9.41. The van der Waals surface area contributed by atoms with Crippen molar-refractivity contribution >= 4 is 11.8 Å². The van der Waals surface area contributed by atoms with Crippen molar-refractivity contribution in [2.75, 3.05) is 6.61 Å². The van der Waals surface area contributed by atoms with Crippen LogP contribution in [0.4, 0.5) is 0 Å². The summed E-state index contributed by atoms with van der Waals surface area (Å²) in [5.74, 6) is -3.02. The Balaban J connectivity index is 1.90. The smallest absolute Gasteiger partial charge is 0.335 e. The predicted molar refractivity (Wildman–Crippen MR) is 127 cm³/mol. The van der Waals surface area contributed by atoms with E-state index in [1.165, 1.54) is 0 Å². The molecule has 198 valence electrons. The van der Waals surface area contributed by atoms with Gasteiger partial charge in [-0.05, 0) is 42.2 Å². The lowest BCUT2D eigenvalue weighted by molar-refractivity contribution is -0.329. The first-order valence-corrected chi connectivity index (χ1v) is 12.8. The number of carbonyl (C=O) groups excluding carboxylic acids is 2. The van der Waals surface area contributed by atoms with Crippen LogP contribution < -0.4 is 0 Å². The molecule has 0 aromatic heterocycles. The van der Waals surface area contributed by atoms with Gasteiger partial charge in [0, 0.05) is 23.2 Å². The molecule has 3 aliphatic carbocycles. The second kappa shape index (κ2) is 8.09. The van der Waals surface area contributed by atoms with Gasteiger partial charge in [0.2, 0.25) is 0 Å². The van der Waals surface area contributed by atoms with E-state index >= 15 is 0 Å². The van der Waals surface area contributed by atoms with E-state index in [0.29, 0.717) is 17.6 Å². The Morgan fingerprint density at radius 3 is 2.29 bits per heavy atom. The first-order valence-electron chi connectivity index (χ1n) is 12.8. The Kier molecular flexibility index (Phi) is 6.18. The molecule has 2 saturated carbocycles. The molecule has 7 unspecified atom stereocenters. The van der Waals surface area contributed by atoms with E-state index in [-0.39, 0.29) is 30.6 Å². The summed E-state index contributed by atoms with van der Waals surface area (Å²) in [6.07, 6.45) is -3.72. The zero-order chi connectivity index (χ0) is 26.5. The number of carbonyl (C=O) groups is 2. The lowest BCUT2D eigenvalue weighted by Gasteiger charge is -2.68. The van der Waals surface area contributed by atoms with Crippen LogP contribution in [0.5, 0.6) is 0 Å². The highest BCUT2D eigenvalue weighted by atomic mass is 16.6. The second-order valence-electron chi connectivity index (χ2n) is 12.7. The normalized spacial score (nSPS) is 47.7. The highest BCUT2D eigenvalue weighted by Crippen LogP contribution is 2.65. The SMILES string of the molecule is CC1=C2C(O)C(=O)[C@@]3(C)C(C(C)C(O)(CC1OC(=O)C(O)C(C)C)C2(C)C)[C@]1(O)COC1C[C@@H]3C. The van der Waals surface area contributed by atoms with Crippen molar-refractivity contribution in [3.8, 4) is 0 Å². The molecule has 1 saturated heterocycles. The van der Waals surface area contributed by atoms with Crippen LogP contribution in [0.3, 0.4) is 0 Å². The highest BCUT2D eigenvalue weighted by molar-refractivity contribution is 5.93. The van der Waals surface area contributed by atoms with E-state index in [4.69, 9.17) is 9.47 Å². The van der Waals surface area contributed by atoms with E-state index < -0.39 is 64.3 Å². The molecule has 35 heavy (non-hydrogen) atoms. The molecular formula is C27H42O8. The third kappa shape index (κ3) is 3.29. The molecule has 10 atom stereocenters. The molecule has 0 aromatic rings. The van der Waals surface area contributed by atoms with E-state index in [0.717, 1.165) is 0 Å². The molecule has 0 amide bonds. The minimum atomic E-state index is -1.53. The Morgan fingerprint density at radius 2 is 1.77 bits per heavy atom. The van der Waals surface area contributed by atoms with Gasteiger partial charge in [-0.15, -0.1) is 0 Å². The van der Waals surface area contributed by atoms with Crippen molar-refractivity contribution in [2.24, 2.45) is 34.5 Å². The van der Waals surface area contributed by atoms with Gasteiger partial charge in [-0.2, -0.15) is 0 Å². The number of Topliss-reactive ketones (excluding diaryl/α,β-unsaturated/α-hetero) is 1. The van der Waals surface area contributed by atoms with E-state index in [1.807, 2.05) is 13.8 Å². The average Bonchev–Trinajstić information content (AvgIpc) is 2.76. The minimum Gasteiger partial charge on any atom is -0.456 e. The second-order valence-corrected chi connectivity index (χ2v) is 12.7. The Hall–Kier alpha value is -1.32. The zero-order valence-corrected chi connectivity index (χ0v) is 22.2. The van der Waals surface area contributed by atoms with Crippen molar-refractivity contribution in [1.82, 2.24) is 0 Å². The number of aliphatic hydroxyl groups excluding tert-OH is 2. The first-order chi connectivity index (χ1) is 16.0. The molecule has 8 heteroatoms. The van der Waals surface area contributed by atoms with Crippen molar-refractivity contribution in [2.45, 2.75) is 104 Å². The highest BCUT2D eigenvalue weighted by Gasteiger charge is 2.73. The third-order valence-corrected chi connectivity index (χ3v) is 10.4. The number of esters is 1. The van der Waals surface area contributed by atoms with Crippen molar-refractivity contribution < 1.29 is 39.5 Å². The molecule has 1 aliphatic heterocycles. The lowest BCUT2D eigenvalue weighted by Crippen LogP contribution is -2.77. The molecule has 0 spiro atoms. The number of ether oxygens (including phenoxy) is 2. The van der Waals surface area contributed by atoms with Gasteiger partial charge < -0.3 is 29.9 Å². The van der Waals surface area contributed by atoms with Gasteiger partial charge in [-0.25, -0.2) is 4.79 Å². The van der Waals surface area contributed by atoms with E-state index in [1.54, 1.807) is 41.5 Å². The molecule has 8 nitrogen and oxygen atoms in total. The Labute approximate surface area is 207 Å². The summed E-state index contributed by atoms with van der Waals surface area (Å²) in [5, 5.41) is 46.1. The van der Waals surface area contributed by atoms with E-state index in [9.17, 15) is 30.0 Å². The van der Waals surface area contributed by atoms with Crippen LogP contribution in [0.2, 0.25) is 0 Å². The van der Waals surface area contributed by atoms with Crippen molar-refractivity contribution in [3.05, 3.63) is 11.1 Å². The summed E-state index contributed by atoms with van der Waals surface area (Å²) in [5.41, 5.74) is -4.12. The molecule has 1 heterocycles. The summed E-state index contributed by atoms with van der Waals surface area (Å²) < 4.78 is 11.4. The molecule has 4 rings (SSSR count). The number of hydrogen-bond acceptors (Lipinski definition) is 8. The topological polar surface area (TPSA) is 134 Å². The maximum Gasteiger partial charge on any atom is 0.335 e. The average molecular weight is 495 g/mol. The van der Waals surface area contributed by atoms with Gasteiger partial charge >= 0.3 is 5.97 Å². The number of aliphatic hydroxyl groups is 4. The molecular weight excluding hydrogens is 452 g/mol. The van der Waals surface area contributed by atoms with Gasteiger partial charge in [0.25, 0.3) is 0 Å². The maximum atomic E-state index is 14.1. The summed E-state index contributed by atoms with van der Waals surface area (Å²) in [7, 11) is 0. The van der Waals surface area contributed by atoms with Crippen LogP contribution in [0.25, 0.3) is 0 Å². The van der Waals surface area contributed by atoms with Crippen molar-refractivity contribution in [1.29, 1.82) is 0 Å². The predicted octanol–water partition coefficient (Wildman–Crippen LogP) is 1.76. The zero-order valence-electron chi connectivity index (χ0n) is 22.2. The quantitative estimate of drug-likeness (QED) is 0.345. The molecule has 0 aromatic carbocycles. The summed E-state index contributed by atoms with van der Waals surface area (Å²) >= 11 is 0. The molecule has 0 radical (unpaired) electrons. The standard InChI is InChI=1S/C27H42O8/c1-12(2)19(28)23(31)35-16-10-27(33)15(5)21-25(8,13(3)9-17-26(21,32)11-34-17)22(30)20(29)18(14(16)4)24(27,6)7/h12-13,15-17,19-21,28-29,32-33H,9-11H2,1-8H3/t13-,15?,16?,17?,19?,20?,21?,25+,26-,27?/m0/s1. The number of rotatable bonds is 3. The van der Waals surface area contributed by atoms with Gasteiger partial charge in [-0.3, -0.25) is 4.79 Å². The van der Waals surface area contributed by atoms with Gasteiger partial charge in [0.05, 0.1) is 18.3 Å². The number of fused-ring (bicyclic) bond motifs is 5. The van der Waals surface area contributed by atoms with Crippen molar-refractivity contribution in [3.63, 3.8) is 0 Å². The van der Waals surface area contributed by atoms with Crippen LogP contribution in [0.1, 0.15) is 68.2 Å². The van der Waals surface area contributed by atoms with Crippen LogP contribution >= 0.6 is 0 Å². The maximum absolute atomic E-state index is 14.1. The molecule has 3 fully saturated rings. The third-order valence-electron chi connectivity index (χ3n) is 10.4. The van der Waals surface area contributed by atoms with Gasteiger partial charge in [0.1, 0.15) is 17.8 Å². The molecule has 2 bridgehead atoms. The number of ketones is 1. The van der Waals surface area contributed by atoms with Gasteiger partial charge in [-0.1, -0.05) is 48.5 Å². The monoisotopic (exact) mass is 494 g/mol. The first kappa shape index (κ1) is 26.7.